The van der Waals surface area contributed by atoms with Crippen molar-refractivity contribution in [1.82, 2.24) is 14.8 Å². The summed E-state index contributed by atoms with van der Waals surface area (Å²) in [5, 5.41) is 4.87. The molecular formula is C29H34FN5O4S. The average Bonchev–Trinajstić information content (AvgIpc) is 3.38. The number of anilines is 2. The number of rotatable bonds is 10. The maximum absolute atomic E-state index is 13.3. The highest BCUT2D eigenvalue weighted by Crippen LogP contribution is 2.21. The zero-order chi connectivity index (χ0) is 28.6. The molecule has 3 aromatic rings. The summed E-state index contributed by atoms with van der Waals surface area (Å²) in [6.07, 6.45) is 0.150. The Kier molecular flexibility index (Phi) is 9.70. The van der Waals surface area contributed by atoms with Crippen LogP contribution in [-0.2, 0) is 16.0 Å². The topological polar surface area (TPSA) is 95.1 Å². The van der Waals surface area contributed by atoms with Crippen LogP contribution in [0.2, 0.25) is 0 Å². The van der Waals surface area contributed by atoms with Gasteiger partial charge < -0.3 is 24.8 Å². The van der Waals surface area contributed by atoms with Gasteiger partial charge in [0.25, 0.3) is 5.91 Å². The molecule has 0 saturated carbocycles. The van der Waals surface area contributed by atoms with E-state index in [4.69, 9.17) is 4.74 Å². The Morgan fingerprint density at radius 3 is 2.35 bits per heavy atom. The molecule has 4 rings (SSSR count). The van der Waals surface area contributed by atoms with Gasteiger partial charge in [0.15, 0.2) is 5.13 Å². The largest absolute Gasteiger partial charge is 0.497 e. The number of aromatic nitrogens is 1. The SMILES string of the molecule is COc1ccc(N2CCN(C(=O)Cc3csc(NC(=O)CN(CC(C)C)C(=O)c4ccc(F)cc4)n3)CC2)cc1. The van der Waals surface area contributed by atoms with Crippen molar-refractivity contribution in [2.24, 2.45) is 5.92 Å². The molecule has 9 nitrogen and oxygen atoms in total. The highest BCUT2D eigenvalue weighted by Gasteiger charge is 2.23. The third-order valence-electron chi connectivity index (χ3n) is 6.50. The number of methoxy groups -OCH3 is 1. The van der Waals surface area contributed by atoms with Crippen LogP contribution < -0.4 is 15.0 Å². The predicted molar refractivity (Wildman–Crippen MR) is 153 cm³/mol. The molecule has 212 valence electrons. The molecule has 2 heterocycles. The fourth-order valence-electron chi connectivity index (χ4n) is 4.49. The smallest absolute Gasteiger partial charge is 0.254 e. The average molecular weight is 568 g/mol. The number of nitrogens with one attached hydrogen (secondary N) is 1. The first-order chi connectivity index (χ1) is 19.2. The van der Waals surface area contributed by atoms with E-state index in [9.17, 15) is 18.8 Å². The third kappa shape index (κ3) is 7.78. The minimum Gasteiger partial charge on any atom is -0.497 e. The lowest BCUT2D eigenvalue weighted by atomic mass is 10.1. The molecular weight excluding hydrogens is 533 g/mol. The lowest BCUT2D eigenvalue weighted by Gasteiger charge is -2.36. The lowest BCUT2D eigenvalue weighted by molar-refractivity contribution is -0.130. The molecule has 1 N–H and O–H groups in total. The maximum Gasteiger partial charge on any atom is 0.254 e. The Morgan fingerprint density at radius 1 is 1.05 bits per heavy atom. The van der Waals surface area contributed by atoms with Crippen LogP contribution in [-0.4, -0.2) is 78.9 Å². The zero-order valence-corrected chi connectivity index (χ0v) is 23.7. The molecule has 0 aliphatic carbocycles. The number of ether oxygens (including phenoxy) is 1. The number of carbonyl (C=O) groups is 3. The summed E-state index contributed by atoms with van der Waals surface area (Å²) in [6.45, 7) is 6.81. The van der Waals surface area contributed by atoms with E-state index in [2.05, 4.69) is 15.2 Å². The van der Waals surface area contributed by atoms with E-state index >= 15 is 0 Å². The van der Waals surface area contributed by atoms with Gasteiger partial charge in [-0.2, -0.15) is 0 Å². The van der Waals surface area contributed by atoms with Gasteiger partial charge >= 0.3 is 0 Å². The fourth-order valence-corrected chi connectivity index (χ4v) is 5.21. The second-order valence-corrected chi connectivity index (χ2v) is 10.9. The van der Waals surface area contributed by atoms with Crippen LogP contribution in [0.4, 0.5) is 15.2 Å². The second kappa shape index (κ2) is 13.4. The van der Waals surface area contributed by atoms with Gasteiger partial charge in [-0.1, -0.05) is 13.8 Å². The molecule has 11 heteroatoms. The van der Waals surface area contributed by atoms with Crippen molar-refractivity contribution in [3.8, 4) is 5.75 Å². The molecule has 1 fully saturated rings. The van der Waals surface area contributed by atoms with Gasteiger partial charge in [0.1, 0.15) is 18.1 Å². The second-order valence-electron chi connectivity index (χ2n) is 10.0. The van der Waals surface area contributed by atoms with Gasteiger partial charge in [0.05, 0.1) is 19.2 Å². The van der Waals surface area contributed by atoms with Crippen molar-refractivity contribution >= 4 is 39.9 Å². The van der Waals surface area contributed by atoms with Gasteiger partial charge in [0.2, 0.25) is 11.8 Å². The predicted octanol–water partition coefficient (Wildman–Crippen LogP) is 3.92. The van der Waals surface area contributed by atoms with Gasteiger partial charge in [-0.3, -0.25) is 14.4 Å². The minimum absolute atomic E-state index is 0.00874. The molecule has 0 radical (unpaired) electrons. The number of piperazine rings is 1. The van der Waals surface area contributed by atoms with E-state index in [-0.39, 0.29) is 30.7 Å². The summed E-state index contributed by atoms with van der Waals surface area (Å²) in [5.74, 6) is -0.237. The van der Waals surface area contributed by atoms with E-state index in [1.807, 2.05) is 43.0 Å². The summed E-state index contributed by atoms with van der Waals surface area (Å²) in [6, 6.07) is 13.1. The van der Waals surface area contributed by atoms with Crippen LogP contribution in [0, 0.1) is 11.7 Å². The normalized spacial score (nSPS) is 13.3. The highest BCUT2D eigenvalue weighted by atomic mass is 32.1. The molecule has 40 heavy (non-hydrogen) atoms. The Hall–Kier alpha value is -3.99. The Morgan fingerprint density at radius 2 is 1.73 bits per heavy atom. The zero-order valence-electron chi connectivity index (χ0n) is 22.9. The van der Waals surface area contributed by atoms with Crippen molar-refractivity contribution in [3.63, 3.8) is 0 Å². The molecule has 1 aliphatic heterocycles. The monoisotopic (exact) mass is 567 g/mol. The molecule has 0 unspecified atom stereocenters. The molecule has 3 amide bonds. The molecule has 0 atom stereocenters. The number of hydrogen-bond donors (Lipinski definition) is 1. The number of amides is 3. The molecule has 1 aliphatic rings. The summed E-state index contributed by atoms with van der Waals surface area (Å²) >= 11 is 1.24. The number of halogens is 1. The van der Waals surface area contributed by atoms with Crippen LogP contribution in [0.5, 0.6) is 5.75 Å². The van der Waals surface area contributed by atoms with Crippen molar-refractivity contribution in [2.75, 3.05) is 56.6 Å². The lowest BCUT2D eigenvalue weighted by Crippen LogP contribution is -2.49. The van der Waals surface area contributed by atoms with E-state index in [1.165, 1.54) is 40.5 Å². The number of benzene rings is 2. The van der Waals surface area contributed by atoms with Gasteiger partial charge in [-0.05, 0) is 54.4 Å². The maximum atomic E-state index is 13.3. The first-order valence-corrected chi connectivity index (χ1v) is 14.1. The van der Waals surface area contributed by atoms with Gasteiger partial charge in [-0.25, -0.2) is 9.37 Å². The van der Waals surface area contributed by atoms with E-state index in [0.717, 1.165) is 24.5 Å². The fraction of sp³-hybridized carbons (Fsp3) is 0.379. The van der Waals surface area contributed by atoms with Crippen LogP contribution in [0.1, 0.15) is 29.9 Å². The van der Waals surface area contributed by atoms with Crippen LogP contribution >= 0.6 is 11.3 Å². The Balaban J connectivity index is 1.27. The van der Waals surface area contributed by atoms with Crippen molar-refractivity contribution < 1.29 is 23.5 Å². The molecule has 1 saturated heterocycles. The van der Waals surface area contributed by atoms with Crippen LogP contribution in [0.25, 0.3) is 0 Å². The summed E-state index contributed by atoms with van der Waals surface area (Å²) in [5.41, 5.74) is 2.00. The van der Waals surface area contributed by atoms with Gasteiger partial charge in [-0.15, -0.1) is 11.3 Å². The minimum atomic E-state index is -0.432. The third-order valence-corrected chi connectivity index (χ3v) is 7.31. The summed E-state index contributed by atoms with van der Waals surface area (Å²) in [4.78, 5) is 48.6. The molecule has 0 spiro atoms. The van der Waals surface area contributed by atoms with E-state index in [0.29, 0.717) is 36.0 Å². The number of carbonyl (C=O) groups excluding carboxylic acids is 3. The van der Waals surface area contributed by atoms with Crippen molar-refractivity contribution in [2.45, 2.75) is 20.3 Å². The number of thiazole rings is 1. The van der Waals surface area contributed by atoms with Crippen LogP contribution in [0.15, 0.2) is 53.9 Å². The molecule has 0 bridgehead atoms. The quantitative estimate of drug-likeness (QED) is 0.399. The van der Waals surface area contributed by atoms with Crippen molar-refractivity contribution in [1.29, 1.82) is 0 Å². The van der Waals surface area contributed by atoms with Crippen LogP contribution in [0.3, 0.4) is 0 Å². The molecule has 2 aromatic carbocycles. The summed E-state index contributed by atoms with van der Waals surface area (Å²) in [7, 11) is 1.64. The standard InChI is InChI=1S/C29H34FN5O4S/c1-20(2)17-35(28(38)21-4-6-22(30)7-5-21)18-26(36)32-29-31-23(19-40-29)16-27(37)34-14-12-33(13-15-34)24-8-10-25(39-3)11-9-24/h4-11,19-20H,12-18H2,1-3H3,(H,31,32,36). The Bertz CT molecular complexity index is 1300. The first-order valence-electron chi connectivity index (χ1n) is 13.2. The Labute approximate surface area is 237 Å². The number of hydrogen-bond acceptors (Lipinski definition) is 7. The molecule has 1 aromatic heterocycles. The van der Waals surface area contributed by atoms with Crippen molar-refractivity contribution in [3.05, 3.63) is 71.0 Å². The van der Waals surface area contributed by atoms with E-state index < -0.39 is 11.7 Å². The van der Waals surface area contributed by atoms with E-state index in [1.54, 1.807) is 12.5 Å². The van der Waals surface area contributed by atoms with Gasteiger partial charge in [0, 0.05) is 49.4 Å². The number of nitrogens with zero attached hydrogens (tertiary/aromatic N) is 4. The highest BCUT2D eigenvalue weighted by molar-refractivity contribution is 7.13. The summed E-state index contributed by atoms with van der Waals surface area (Å²) < 4.78 is 18.5. The first kappa shape index (κ1) is 29.0.